The molecule has 1 aromatic carbocycles. The molecule has 6 heteroatoms. The molecule has 1 unspecified atom stereocenters. The lowest BCUT2D eigenvalue weighted by atomic mass is 9.96. The number of hydrogen-bond donors (Lipinski definition) is 2. The Morgan fingerprint density at radius 1 is 1.29 bits per heavy atom. The summed E-state index contributed by atoms with van der Waals surface area (Å²) in [4.78, 5) is 17.4. The molecule has 130 valence electrons. The number of nitrogens with one attached hydrogen (secondary N) is 1. The van der Waals surface area contributed by atoms with Crippen LogP contribution in [0.2, 0.25) is 0 Å². The van der Waals surface area contributed by atoms with E-state index in [0.717, 1.165) is 22.8 Å². The molecular formula is C18H24ClN3OS. The third-order valence-corrected chi connectivity index (χ3v) is 4.61. The molecule has 2 rings (SSSR count). The van der Waals surface area contributed by atoms with E-state index in [4.69, 9.17) is 5.73 Å². The molecule has 1 aromatic heterocycles. The lowest BCUT2D eigenvalue weighted by Crippen LogP contribution is -2.48. The van der Waals surface area contributed by atoms with Crippen LogP contribution in [0.15, 0.2) is 53.7 Å². The first-order chi connectivity index (χ1) is 11.0. The molecule has 0 saturated carbocycles. The molecule has 0 spiro atoms. The molecule has 0 aliphatic carbocycles. The average molecular weight is 366 g/mol. The van der Waals surface area contributed by atoms with E-state index in [9.17, 15) is 4.79 Å². The number of nitrogens with two attached hydrogens (primary N) is 1. The third-order valence-electron chi connectivity index (χ3n) is 3.53. The molecule has 2 aromatic rings. The highest BCUT2D eigenvalue weighted by molar-refractivity contribution is 7.98. The van der Waals surface area contributed by atoms with Crippen LogP contribution >= 0.6 is 24.2 Å². The van der Waals surface area contributed by atoms with Crippen LogP contribution in [0.4, 0.5) is 5.69 Å². The Kier molecular flexibility index (Phi) is 8.25. The van der Waals surface area contributed by atoms with Crippen molar-refractivity contribution in [2.45, 2.75) is 42.9 Å². The fourth-order valence-corrected chi connectivity index (χ4v) is 3.02. The summed E-state index contributed by atoms with van der Waals surface area (Å²) >= 11 is 1.74. The summed E-state index contributed by atoms with van der Waals surface area (Å²) in [5.41, 5.74) is 7.17. The molecule has 0 aliphatic heterocycles. The first-order valence-electron chi connectivity index (χ1n) is 7.73. The molecule has 3 N–H and O–H groups in total. The van der Waals surface area contributed by atoms with Crippen molar-refractivity contribution in [3.8, 4) is 0 Å². The third kappa shape index (κ3) is 6.15. The number of anilines is 1. The Hall–Kier alpha value is -1.56. The Morgan fingerprint density at radius 2 is 2.00 bits per heavy atom. The normalized spacial score (nSPS) is 12.8. The predicted octanol–water partition coefficient (Wildman–Crippen LogP) is 4.25. The smallest absolute Gasteiger partial charge is 0.244 e. The Balaban J connectivity index is 0.00000288. The number of pyridine rings is 1. The summed E-state index contributed by atoms with van der Waals surface area (Å²) in [5, 5.41) is 2.88. The van der Waals surface area contributed by atoms with E-state index in [1.54, 1.807) is 24.9 Å². The maximum atomic E-state index is 12.2. The summed E-state index contributed by atoms with van der Waals surface area (Å²) in [5.74, 6) is 0.729. The molecule has 0 radical (unpaired) electrons. The van der Waals surface area contributed by atoms with Gasteiger partial charge < -0.3 is 11.1 Å². The number of benzene rings is 1. The molecule has 1 atom stereocenters. The standard InChI is InChI=1S/C18H23N3OS.ClH/c1-3-10-18(2,19)17(22)21-15-6-8-16(9-7-15)23-13-14-5-4-11-20-12-14;/h4-9,11-12H,3,10,13,19H2,1-2H3,(H,21,22);1H. The van der Waals surface area contributed by atoms with E-state index in [2.05, 4.69) is 16.4 Å². The minimum atomic E-state index is -0.831. The number of carbonyl (C=O) groups excluding carboxylic acids is 1. The fourth-order valence-electron chi connectivity index (χ4n) is 2.19. The molecule has 24 heavy (non-hydrogen) atoms. The van der Waals surface area contributed by atoms with Crippen molar-refractivity contribution in [1.82, 2.24) is 4.98 Å². The molecule has 0 saturated heterocycles. The van der Waals surface area contributed by atoms with Gasteiger partial charge in [0.1, 0.15) is 0 Å². The van der Waals surface area contributed by atoms with Crippen molar-refractivity contribution in [2.75, 3.05) is 5.32 Å². The lowest BCUT2D eigenvalue weighted by molar-refractivity contribution is -0.120. The highest BCUT2D eigenvalue weighted by Gasteiger charge is 2.26. The van der Waals surface area contributed by atoms with Gasteiger partial charge >= 0.3 is 0 Å². The number of hydrogen-bond acceptors (Lipinski definition) is 4. The van der Waals surface area contributed by atoms with Crippen molar-refractivity contribution in [2.24, 2.45) is 5.73 Å². The molecule has 0 fully saturated rings. The van der Waals surface area contributed by atoms with Crippen LogP contribution in [0, 0.1) is 0 Å². The molecule has 1 heterocycles. The largest absolute Gasteiger partial charge is 0.325 e. The van der Waals surface area contributed by atoms with Gasteiger partial charge in [0.15, 0.2) is 0 Å². The van der Waals surface area contributed by atoms with Gasteiger partial charge in [-0.2, -0.15) is 0 Å². The van der Waals surface area contributed by atoms with Crippen molar-refractivity contribution in [3.05, 3.63) is 54.4 Å². The topological polar surface area (TPSA) is 68.0 Å². The van der Waals surface area contributed by atoms with Crippen LogP contribution < -0.4 is 11.1 Å². The molecule has 0 bridgehead atoms. The summed E-state index contributed by atoms with van der Waals surface area (Å²) in [7, 11) is 0. The molecule has 1 amide bonds. The van der Waals surface area contributed by atoms with Gasteiger partial charge in [0.25, 0.3) is 0 Å². The summed E-state index contributed by atoms with van der Waals surface area (Å²) in [6.07, 6.45) is 5.19. The van der Waals surface area contributed by atoms with E-state index < -0.39 is 5.54 Å². The zero-order chi connectivity index (χ0) is 16.7. The maximum absolute atomic E-state index is 12.2. The van der Waals surface area contributed by atoms with Gasteiger partial charge in [0.05, 0.1) is 5.54 Å². The summed E-state index contributed by atoms with van der Waals surface area (Å²) < 4.78 is 0. The summed E-state index contributed by atoms with van der Waals surface area (Å²) in [6, 6.07) is 11.8. The highest BCUT2D eigenvalue weighted by Crippen LogP contribution is 2.24. The predicted molar refractivity (Wildman–Crippen MR) is 104 cm³/mol. The monoisotopic (exact) mass is 365 g/mol. The van der Waals surface area contributed by atoms with Gasteiger partial charge in [-0.05, 0) is 49.2 Å². The summed E-state index contributed by atoms with van der Waals surface area (Å²) in [6.45, 7) is 3.79. The number of rotatable bonds is 7. The van der Waals surface area contributed by atoms with E-state index in [-0.39, 0.29) is 18.3 Å². The Morgan fingerprint density at radius 3 is 2.58 bits per heavy atom. The van der Waals surface area contributed by atoms with Crippen LogP contribution in [0.1, 0.15) is 32.3 Å². The zero-order valence-corrected chi connectivity index (χ0v) is 15.6. The van der Waals surface area contributed by atoms with Gasteiger partial charge in [-0.25, -0.2) is 0 Å². The lowest BCUT2D eigenvalue weighted by Gasteiger charge is -2.22. The van der Waals surface area contributed by atoms with Crippen LogP contribution in [0.25, 0.3) is 0 Å². The van der Waals surface area contributed by atoms with Gasteiger partial charge in [-0.15, -0.1) is 24.2 Å². The minimum absolute atomic E-state index is 0. The molecule has 0 aliphatic rings. The van der Waals surface area contributed by atoms with Gasteiger partial charge in [-0.1, -0.05) is 19.4 Å². The van der Waals surface area contributed by atoms with Gasteiger partial charge in [0, 0.05) is 28.7 Å². The van der Waals surface area contributed by atoms with Crippen molar-refractivity contribution in [3.63, 3.8) is 0 Å². The highest BCUT2D eigenvalue weighted by atomic mass is 35.5. The van der Waals surface area contributed by atoms with Crippen molar-refractivity contribution >= 4 is 35.8 Å². The quantitative estimate of drug-likeness (QED) is 0.719. The van der Waals surface area contributed by atoms with Crippen LogP contribution in [0.3, 0.4) is 0 Å². The van der Waals surface area contributed by atoms with Gasteiger partial charge in [-0.3, -0.25) is 9.78 Å². The van der Waals surface area contributed by atoms with Gasteiger partial charge in [0.2, 0.25) is 5.91 Å². The SMILES string of the molecule is CCCC(C)(N)C(=O)Nc1ccc(SCc2cccnc2)cc1.Cl. The second kappa shape index (κ2) is 9.67. The second-order valence-corrected chi connectivity index (χ2v) is 6.84. The molecular weight excluding hydrogens is 342 g/mol. The molecule has 4 nitrogen and oxygen atoms in total. The van der Waals surface area contributed by atoms with E-state index in [1.807, 2.05) is 43.5 Å². The number of aromatic nitrogens is 1. The number of halogens is 1. The Labute approximate surface area is 154 Å². The minimum Gasteiger partial charge on any atom is -0.325 e. The van der Waals surface area contributed by atoms with Crippen LogP contribution in [0.5, 0.6) is 0 Å². The number of nitrogens with zero attached hydrogens (tertiary/aromatic N) is 1. The average Bonchev–Trinajstić information content (AvgIpc) is 2.55. The zero-order valence-electron chi connectivity index (χ0n) is 14.0. The van der Waals surface area contributed by atoms with Crippen LogP contribution in [-0.4, -0.2) is 16.4 Å². The number of thioether (sulfide) groups is 1. The first kappa shape index (κ1) is 20.5. The van der Waals surface area contributed by atoms with Crippen molar-refractivity contribution < 1.29 is 4.79 Å². The fraction of sp³-hybridized carbons (Fsp3) is 0.333. The van der Waals surface area contributed by atoms with E-state index in [0.29, 0.717) is 6.42 Å². The number of amides is 1. The Bertz CT molecular complexity index is 632. The number of carbonyl (C=O) groups is 1. The first-order valence-corrected chi connectivity index (χ1v) is 8.72. The van der Waals surface area contributed by atoms with Crippen molar-refractivity contribution in [1.29, 1.82) is 0 Å². The second-order valence-electron chi connectivity index (χ2n) is 5.80. The van der Waals surface area contributed by atoms with Crippen LogP contribution in [-0.2, 0) is 10.5 Å². The van der Waals surface area contributed by atoms with E-state index in [1.165, 1.54) is 5.56 Å². The van der Waals surface area contributed by atoms with E-state index >= 15 is 0 Å². The maximum Gasteiger partial charge on any atom is 0.244 e.